The summed E-state index contributed by atoms with van der Waals surface area (Å²) < 4.78 is 14.8. The molecule has 0 spiro atoms. The molecule has 0 fully saturated rings. The van der Waals surface area contributed by atoms with Gasteiger partial charge in [-0.1, -0.05) is 13.0 Å². The number of hydrogen-bond acceptors (Lipinski definition) is 5. The first-order valence-electron chi connectivity index (χ1n) is 8.02. The molecule has 25 heavy (non-hydrogen) atoms. The van der Waals surface area contributed by atoms with Crippen LogP contribution in [0.3, 0.4) is 0 Å². The van der Waals surface area contributed by atoms with Crippen molar-refractivity contribution in [3.8, 4) is 11.1 Å². The minimum Gasteiger partial charge on any atom is -0.393 e. The van der Waals surface area contributed by atoms with Gasteiger partial charge in [-0.25, -0.2) is 4.98 Å². The molecule has 2 heterocycles. The first kappa shape index (κ1) is 18.8. The first-order valence-corrected chi connectivity index (χ1v) is 8.02. The van der Waals surface area contributed by atoms with Gasteiger partial charge in [0.05, 0.1) is 29.6 Å². The predicted molar refractivity (Wildman–Crippen MR) is 94.7 cm³/mol. The molecule has 134 valence electrons. The molecule has 0 aliphatic heterocycles. The summed E-state index contributed by atoms with van der Waals surface area (Å²) in [6.45, 7) is 5.10. The number of aliphatic hydroxyl groups excluding tert-OH is 1. The lowest BCUT2D eigenvalue weighted by Gasteiger charge is -2.24. The lowest BCUT2D eigenvalue weighted by Crippen LogP contribution is -2.31. The van der Waals surface area contributed by atoms with Crippen molar-refractivity contribution in [2.45, 2.75) is 32.8 Å². The Hall–Kier alpha value is -2.54. The van der Waals surface area contributed by atoms with Gasteiger partial charge < -0.3 is 15.7 Å². The number of hydrogen-bond donors (Lipinski definition) is 2. The van der Waals surface area contributed by atoms with E-state index in [1.54, 1.807) is 50.2 Å². The zero-order valence-corrected chi connectivity index (χ0v) is 14.8. The molecule has 2 aromatic heterocycles. The number of amides is 1. The van der Waals surface area contributed by atoms with Crippen molar-refractivity contribution in [2.24, 2.45) is 5.73 Å². The van der Waals surface area contributed by atoms with Gasteiger partial charge in [0.2, 0.25) is 11.9 Å². The average molecular weight is 346 g/mol. The van der Waals surface area contributed by atoms with Crippen molar-refractivity contribution in [3.63, 3.8) is 0 Å². The van der Waals surface area contributed by atoms with Gasteiger partial charge in [0.1, 0.15) is 0 Å². The van der Waals surface area contributed by atoms with Crippen molar-refractivity contribution in [3.05, 3.63) is 41.7 Å². The Kier molecular flexibility index (Phi) is 5.69. The topological polar surface area (TPSA) is 92.3 Å². The maximum Gasteiger partial charge on any atom is 0.236 e. The molecule has 6 nitrogen and oxygen atoms in total. The molecule has 7 heteroatoms. The van der Waals surface area contributed by atoms with E-state index in [1.165, 1.54) is 0 Å². The Morgan fingerprint density at radius 1 is 1.44 bits per heavy atom. The summed E-state index contributed by atoms with van der Waals surface area (Å²) in [5.74, 6) is -1.48. The number of aryl methyl sites for hydroxylation is 1. The van der Waals surface area contributed by atoms with Crippen LogP contribution in [0.25, 0.3) is 11.1 Å². The van der Waals surface area contributed by atoms with Crippen LogP contribution in [0, 0.1) is 12.9 Å². The summed E-state index contributed by atoms with van der Waals surface area (Å²) in [7, 11) is 1.66. The molecule has 0 aliphatic rings. The Morgan fingerprint density at radius 3 is 2.72 bits per heavy atom. The molecular weight excluding hydrogens is 323 g/mol. The van der Waals surface area contributed by atoms with Gasteiger partial charge >= 0.3 is 0 Å². The Balaban J connectivity index is 2.69. The number of rotatable bonds is 6. The van der Waals surface area contributed by atoms with E-state index in [4.69, 9.17) is 5.73 Å². The molecule has 2 atom stereocenters. The van der Waals surface area contributed by atoms with E-state index in [1.807, 2.05) is 6.92 Å². The quantitative estimate of drug-likeness (QED) is 0.781. The van der Waals surface area contributed by atoms with E-state index in [2.05, 4.69) is 9.97 Å². The summed E-state index contributed by atoms with van der Waals surface area (Å²) in [5.41, 5.74) is 7.60. The lowest BCUT2D eigenvalue weighted by atomic mass is 9.93. The minimum atomic E-state index is -0.654. The van der Waals surface area contributed by atoms with Crippen LogP contribution in [0.5, 0.6) is 0 Å². The SMILES string of the molecule is Cc1cc(N(C)CC(N)=O)c(-c2cccnc2C(C)C(C)O)c(F)n1. The van der Waals surface area contributed by atoms with Crippen molar-refractivity contribution in [1.29, 1.82) is 0 Å². The number of carbonyl (C=O) groups excluding carboxylic acids is 1. The third-order valence-corrected chi connectivity index (χ3v) is 4.15. The molecule has 0 aromatic carbocycles. The van der Waals surface area contributed by atoms with Gasteiger partial charge in [0.15, 0.2) is 0 Å². The molecule has 2 rings (SSSR count). The number of nitrogens with two attached hydrogens (primary N) is 1. The summed E-state index contributed by atoms with van der Waals surface area (Å²) in [5, 5.41) is 9.94. The lowest BCUT2D eigenvalue weighted by molar-refractivity contribution is -0.116. The van der Waals surface area contributed by atoms with Gasteiger partial charge in [-0.2, -0.15) is 4.39 Å². The number of anilines is 1. The van der Waals surface area contributed by atoms with Crippen LogP contribution in [0.1, 0.15) is 31.2 Å². The van der Waals surface area contributed by atoms with Gasteiger partial charge in [0, 0.05) is 30.4 Å². The molecular formula is C18H23FN4O2. The van der Waals surface area contributed by atoms with Gasteiger partial charge in [-0.15, -0.1) is 0 Å². The second-order valence-corrected chi connectivity index (χ2v) is 6.24. The van der Waals surface area contributed by atoms with Crippen LogP contribution in [-0.2, 0) is 4.79 Å². The number of primary amides is 1. The van der Waals surface area contributed by atoms with Crippen molar-refractivity contribution >= 4 is 11.6 Å². The predicted octanol–water partition coefficient (Wildman–Crippen LogP) is 2.00. The highest BCUT2D eigenvalue weighted by molar-refractivity contribution is 5.85. The van der Waals surface area contributed by atoms with Crippen molar-refractivity contribution in [1.82, 2.24) is 9.97 Å². The maximum atomic E-state index is 14.8. The second-order valence-electron chi connectivity index (χ2n) is 6.24. The molecule has 2 unspecified atom stereocenters. The summed E-state index contributed by atoms with van der Waals surface area (Å²) >= 11 is 0. The van der Waals surface area contributed by atoms with Gasteiger partial charge in [-0.05, 0) is 26.0 Å². The Bertz CT molecular complexity index is 780. The zero-order chi connectivity index (χ0) is 18.7. The number of pyridine rings is 2. The number of likely N-dealkylation sites (N-methyl/N-ethyl adjacent to an activating group) is 1. The summed E-state index contributed by atoms with van der Waals surface area (Å²) in [4.78, 5) is 21.1. The number of aromatic nitrogens is 2. The highest BCUT2D eigenvalue weighted by atomic mass is 19.1. The van der Waals surface area contributed by atoms with E-state index < -0.39 is 18.0 Å². The fourth-order valence-electron chi connectivity index (χ4n) is 2.71. The number of halogens is 1. The van der Waals surface area contributed by atoms with Crippen LogP contribution in [0.15, 0.2) is 24.4 Å². The van der Waals surface area contributed by atoms with Crippen LogP contribution in [0.2, 0.25) is 0 Å². The fraction of sp³-hybridized carbons (Fsp3) is 0.389. The molecule has 0 saturated heterocycles. The Labute approximate surface area is 146 Å². The smallest absolute Gasteiger partial charge is 0.236 e. The molecule has 0 saturated carbocycles. The Morgan fingerprint density at radius 2 is 2.12 bits per heavy atom. The van der Waals surface area contributed by atoms with Crippen LogP contribution < -0.4 is 10.6 Å². The highest BCUT2D eigenvalue weighted by Crippen LogP contribution is 2.37. The number of nitrogens with zero attached hydrogens (tertiary/aromatic N) is 3. The summed E-state index contributed by atoms with van der Waals surface area (Å²) in [6.07, 6.45) is 0.950. The van der Waals surface area contributed by atoms with Gasteiger partial charge in [-0.3, -0.25) is 9.78 Å². The average Bonchev–Trinajstić information content (AvgIpc) is 2.52. The molecule has 2 aromatic rings. The van der Waals surface area contributed by atoms with Crippen LogP contribution >= 0.6 is 0 Å². The number of carbonyl (C=O) groups is 1. The maximum absolute atomic E-state index is 14.8. The highest BCUT2D eigenvalue weighted by Gasteiger charge is 2.24. The monoisotopic (exact) mass is 346 g/mol. The van der Waals surface area contributed by atoms with Crippen molar-refractivity contribution < 1.29 is 14.3 Å². The normalized spacial score (nSPS) is 13.4. The molecule has 0 aliphatic carbocycles. The molecule has 3 N–H and O–H groups in total. The first-order chi connectivity index (χ1) is 11.7. The largest absolute Gasteiger partial charge is 0.393 e. The number of aliphatic hydroxyl groups is 1. The summed E-state index contributed by atoms with van der Waals surface area (Å²) in [6, 6.07) is 5.13. The van der Waals surface area contributed by atoms with Crippen LogP contribution in [-0.4, -0.2) is 40.7 Å². The molecule has 0 radical (unpaired) electrons. The van der Waals surface area contributed by atoms with E-state index in [9.17, 15) is 14.3 Å². The van der Waals surface area contributed by atoms with E-state index in [-0.39, 0.29) is 18.0 Å². The zero-order valence-electron chi connectivity index (χ0n) is 14.8. The van der Waals surface area contributed by atoms with Crippen LogP contribution in [0.4, 0.5) is 10.1 Å². The minimum absolute atomic E-state index is 0.0581. The third kappa shape index (κ3) is 4.11. The second kappa shape index (κ2) is 7.57. The standard InChI is InChI=1S/C18H23FN4O2/c1-10-8-14(23(4)9-15(20)25)16(18(19)22-10)13-6-5-7-21-17(13)11(2)12(3)24/h5-8,11-12,24H,9H2,1-4H3,(H2,20,25). The van der Waals surface area contributed by atoms with E-state index in [0.717, 1.165) is 0 Å². The van der Waals surface area contributed by atoms with Gasteiger partial charge in [0.25, 0.3) is 0 Å². The molecule has 1 amide bonds. The third-order valence-electron chi connectivity index (χ3n) is 4.15. The molecule has 0 bridgehead atoms. The van der Waals surface area contributed by atoms with Crippen molar-refractivity contribution in [2.75, 3.05) is 18.5 Å². The fourth-order valence-corrected chi connectivity index (χ4v) is 2.71. The van der Waals surface area contributed by atoms with E-state index in [0.29, 0.717) is 22.6 Å². The van der Waals surface area contributed by atoms with E-state index >= 15 is 0 Å².